The van der Waals surface area contributed by atoms with E-state index in [0.29, 0.717) is 19.3 Å². The molecule has 0 radical (unpaired) electrons. The molecule has 0 saturated carbocycles. The van der Waals surface area contributed by atoms with Crippen LogP contribution >= 0.6 is 0 Å². The number of ether oxygens (including phenoxy) is 3. The van der Waals surface area contributed by atoms with Gasteiger partial charge >= 0.3 is 17.9 Å². The highest BCUT2D eigenvalue weighted by Gasteiger charge is 2.19. The van der Waals surface area contributed by atoms with Gasteiger partial charge in [0.2, 0.25) is 0 Å². The molecule has 338 valence electrons. The average molecular weight is 807 g/mol. The van der Waals surface area contributed by atoms with E-state index in [1.165, 1.54) is 180 Å². The summed E-state index contributed by atoms with van der Waals surface area (Å²) in [5.74, 6) is -0.0533. The Kier molecular flexibility index (Phi) is 44.2. The SMILES string of the molecule is CCCCCCCCCCCCCCCCCCCCC(=O)O[C@@H](COC(=O)CCCCCCCCCCCC)COC(=O)CCCCCCCCCCC(C)C. The number of rotatable bonds is 46. The van der Waals surface area contributed by atoms with Gasteiger partial charge in [-0.15, -0.1) is 0 Å². The molecule has 0 aromatic rings. The molecule has 0 aliphatic rings. The summed E-state index contributed by atoms with van der Waals surface area (Å²) in [4.78, 5) is 37.8. The first-order valence-electron chi connectivity index (χ1n) is 25.4. The van der Waals surface area contributed by atoms with Crippen LogP contribution in [0.2, 0.25) is 0 Å². The van der Waals surface area contributed by atoms with Gasteiger partial charge in [0, 0.05) is 19.3 Å². The van der Waals surface area contributed by atoms with Gasteiger partial charge in [-0.25, -0.2) is 0 Å². The molecule has 0 unspecified atom stereocenters. The van der Waals surface area contributed by atoms with Crippen LogP contribution in [-0.2, 0) is 28.6 Å². The van der Waals surface area contributed by atoms with Gasteiger partial charge in [0.05, 0.1) is 0 Å². The quantitative estimate of drug-likeness (QED) is 0.0346. The summed E-state index contributed by atoms with van der Waals surface area (Å²) in [5.41, 5.74) is 0. The molecule has 0 rings (SSSR count). The van der Waals surface area contributed by atoms with Crippen molar-refractivity contribution in [3.63, 3.8) is 0 Å². The number of hydrogen-bond acceptors (Lipinski definition) is 6. The van der Waals surface area contributed by atoms with Crippen molar-refractivity contribution in [2.75, 3.05) is 13.2 Å². The van der Waals surface area contributed by atoms with Crippen molar-refractivity contribution in [3.8, 4) is 0 Å². The van der Waals surface area contributed by atoms with E-state index in [1.54, 1.807) is 0 Å². The number of hydrogen-bond donors (Lipinski definition) is 0. The predicted molar refractivity (Wildman–Crippen MR) is 243 cm³/mol. The normalized spacial score (nSPS) is 11.9. The molecule has 0 aliphatic carbocycles. The minimum atomic E-state index is -0.760. The number of carbonyl (C=O) groups excluding carboxylic acids is 3. The van der Waals surface area contributed by atoms with E-state index >= 15 is 0 Å². The lowest BCUT2D eigenvalue weighted by atomic mass is 10.0. The zero-order valence-corrected chi connectivity index (χ0v) is 38.8. The highest BCUT2D eigenvalue weighted by atomic mass is 16.6. The van der Waals surface area contributed by atoms with E-state index in [0.717, 1.165) is 63.7 Å². The van der Waals surface area contributed by atoms with Crippen LogP contribution in [0.5, 0.6) is 0 Å². The van der Waals surface area contributed by atoms with Crippen molar-refractivity contribution in [1.82, 2.24) is 0 Å². The van der Waals surface area contributed by atoms with Gasteiger partial charge in [0.15, 0.2) is 6.10 Å². The standard InChI is InChI=1S/C51H98O6/c1-5-7-9-11-13-15-17-18-19-20-21-22-23-24-26-32-36-40-44-51(54)57-48(45-55-49(52)42-38-34-30-25-16-14-12-10-8-6-2)46-56-50(53)43-39-35-31-28-27-29-33-37-41-47(3)4/h47-48H,5-46H2,1-4H3/t48-/m0/s1. The van der Waals surface area contributed by atoms with Gasteiger partial charge in [0.25, 0.3) is 0 Å². The fraction of sp³-hybridized carbons (Fsp3) is 0.941. The monoisotopic (exact) mass is 807 g/mol. The summed E-state index contributed by atoms with van der Waals surface area (Å²) in [7, 11) is 0. The molecule has 0 heterocycles. The highest BCUT2D eigenvalue weighted by molar-refractivity contribution is 5.71. The van der Waals surface area contributed by atoms with Crippen LogP contribution in [-0.4, -0.2) is 37.2 Å². The Morgan fingerprint density at radius 3 is 0.860 bits per heavy atom. The van der Waals surface area contributed by atoms with Crippen molar-refractivity contribution >= 4 is 17.9 Å². The number of esters is 3. The third-order valence-corrected chi connectivity index (χ3v) is 11.5. The molecule has 6 heteroatoms. The van der Waals surface area contributed by atoms with Crippen molar-refractivity contribution in [3.05, 3.63) is 0 Å². The summed E-state index contributed by atoms with van der Waals surface area (Å²) in [6.07, 6.45) is 46.7. The lowest BCUT2D eigenvalue weighted by Crippen LogP contribution is -2.30. The van der Waals surface area contributed by atoms with Crippen LogP contribution in [0.1, 0.15) is 285 Å². The summed E-state index contributed by atoms with van der Waals surface area (Å²) < 4.78 is 16.8. The van der Waals surface area contributed by atoms with Crippen LogP contribution in [0.15, 0.2) is 0 Å². The first kappa shape index (κ1) is 55.4. The smallest absolute Gasteiger partial charge is 0.306 e. The van der Waals surface area contributed by atoms with Crippen LogP contribution < -0.4 is 0 Å². The third kappa shape index (κ3) is 45.3. The van der Waals surface area contributed by atoms with E-state index in [2.05, 4.69) is 27.7 Å². The summed E-state index contributed by atoms with van der Waals surface area (Å²) in [6, 6.07) is 0. The number of unbranched alkanes of at least 4 members (excludes halogenated alkanes) is 33. The fourth-order valence-corrected chi connectivity index (χ4v) is 7.69. The molecule has 0 fully saturated rings. The molecule has 0 N–H and O–H groups in total. The molecule has 0 spiro atoms. The Labute approximate surface area is 355 Å². The Bertz CT molecular complexity index is 857. The summed E-state index contributed by atoms with van der Waals surface area (Å²) in [6.45, 7) is 8.98. The molecule has 1 atom stereocenters. The average Bonchev–Trinajstić information content (AvgIpc) is 3.19. The van der Waals surface area contributed by atoms with E-state index in [4.69, 9.17) is 14.2 Å². The van der Waals surface area contributed by atoms with Crippen LogP contribution in [0.25, 0.3) is 0 Å². The molecule has 0 aliphatic heterocycles. The largest absolute Gasteiger partial charge is 0.462 e. The second-order valence-electron chi connectivity index (χ2n) is 17.9. The minimum absolute atomic E-state index is 0.0636. The lowest BCUT2D eigenvalue weighted by molar-refractivity contribution is -0.167. The Morgan fingerprint density at radius 2 is 0.579 bits per heavy atom. The molecule has 0 aromatic carbocycles. The molecule has 0 aromatic heterocycles. The topological polar surface area (TPSA) is 78.9 Å². The highest BCUT2D eigenvalue weighted by Crippen LogP contribution is 2.17. The second kappa shape index (κ2) is 45.5. The Balaban J connectivity index is 4.26. The molecule has 6 nitrogen and oxygen atoms in total. The summed E-state index contributed by atoms with van der Waals surface area (Å²) >= 11 is 0. The molecule has 0 amide bonds. The summed E-state index contributed by atoms with van der Waals surface area (Å²) in [5, 5.41) is 0. The van der Waals surface area contributed by atoms with Crippen molar-refractivity contribution in [2.24, 2.45) is 5.92 Å². The van der Waals surface area contributed by atoms with E-state index in [1.807, 2.05) is 0 Å². The maximum absolute atomic E-state index is 12.8. The van der Waals surface area contributed by atoms with Gasteiger partial charge in [-0.2, -0.15) is 0 Å². The van der Waals surface area contributed by atoms with Crippen molar-refractivity contribution in [2.45, 2.75) is 291 Å². The maximum atomic E-state index is 12.8. The molecule has 0 bridgehead atoms. The van der Waals surface area contributed by atoms with Crippen molar-refractivity contribution < 1.29 is 28.6 Å². The maximum Gasteiger partial charge on any atom is 0.306 e. The van der Waals surface area contributed by atoms with Crippen LogP contribution in [0.4, 0.5) is 0 Å². The molecule has 57 heavy (non-hydrogen) atoms. The number of carbonyl (C=O) groups is 3. The Hall–Kier alpha value is -1.59. The minimum Gasteiger partial charge on any atom is -0.462 e. The predicted octanol–water partition coefficient (Wildman–Crippen LogP) is 16.3. The van der Waals surface area contributed by atoms with E-state index < -0.39 is 6.10 Å². The van der Waals surface area contributed by atoms with Gasteiger partial charge in [-0.3, -0.25) is 14.4 Å². The first-order valence-corrected chi connectivity index (χ1v) is 25.4. The van der Waals surface area contributed by atoms with Gasteiger partial charge < -0.3 is 14.2 Å². The molecular weight excluding hydrogens is 709 g/mol. The zero-order chi connectivity index (χ0) is 41.7. The van der Waals surface area contributed by atoms with E-state index in [9.17, 15) is 14.4 Å². The molecular formula is C51H98O6. The Morgan fingerprint density at radius 1 is 0.333 bits per heavy atom. The molecule has 0 saturated heterocycles. The van der Waals surface area contributed by atoms with Crippen LogP contribution in [0.3, 0.4) is 0 Å². The third-order valence-electron chi connectivity index (χ3n) is 11.5. The van der Waals surface area contributed by atoms with Gasteiger partial charge in [-0.05, 0) is 25.2 Å². The fourth-order valence-electron chi connectivity index (χ4n) is 7.69. The van der Waals surface area contributed by atoms with Crippen molar-refractivity contribution in [1.29, 1.82) is 0 Å². The second-order valence-corrected chi connectivity index (χ2v) is 17.9. The van der Waals surface area contributed by atoms with Gasteiger partial charge in [-0.1, -0.05) is 246 Å². The first-order chi connectivity index (χ1) is 27.9. The van der Waals surface area contributed by atoms with Crippen LogP contribution in [0, 0.1) is 5.92 Å². The zero-order valence-electron chi connectivity index (χ0n) is 38.8. The lowest BCUT2D eigenvalue weighted by Gasteiger charge is -2.18. The van der Waals surface area contributed by atoms with E-state index in [-0.39, 0.29) is 31.1 Å². The van der Waals surface area contributed by atoms with Gasteiger partial charge in [0.1, 0.15) is 13.2 Å².